The molecule has 0 aliphatic rings. The molecule has 3 aromatic rings. The first-order valence-corrected chi connectivity index (χ1v) is 6.76. The van der Waals surface area contributed by atoms with Crippen LogP contribution in [0.3, 0.4) is 0 Å². The van der Waals surface area contributed by atoms with Crippen LogP contribution in [0.1, 0.15) is 0 Å². The molecule has 0 amide bonds. The van der Waals surface area contributed by atoms with Crippen molar-refractivity contribution in [3.05, 3.63) is 46.9 Å². The Morgan fingerprint density at radius 3 is 2.76 bits per heavy atom. The third-order valence-electron chi connectivity index (χ3n) is 2.51. The second-order valence-corrected chi connectivity index (χ2v) is 5.61. The Kier molecular flexibility index (Phi) is 2.61. The van der Waals surface area contributed by atoms with Crippen molar-refractivity contribution in [2.24, 2.45) is 0 Å². The number of thiazole rings is 1. The fraction of sp³-hybridized carbons (Fsp3) is 0. The molecule has 0 aliphatic heterocycles. The van der Waals surface area contributed by atoms with Gasteiger partial charge in [0.1, 0.15) is 5.01 Å². The van der Waals surface area contributed by atoms with Crippen LogP contribution in [-0.4, -0.2) is 4.98 Å². The van der Waals surface area contributed by atoms with E-state index in [4.69, 9.17) is 5.73 Å². The molecule has 4 heteroatoms. The highest BCUT2D eigenvalue weighted by atomic mass is 79.9. The van der Waals surface area contributed by atoms with Crippen molar-refractivity contribution in [3.63, 3.8) is 0 Å². The summed E-state index contributed by atoms with van der Waals surface area (Å²) >= 11 is 5.21. The van der Waals surface area contributed by atoms with Crippen LogP contribution in [0.2, 0.25) is 0 Å². The minimum absolute atomic E-state index is 0.752. The maximum Gasteiger partial charge on any atom is 0.125 e. The predicted octanol–water partition coefficient (Wildman–Crippen LogP) is 4.31. The summed E-state index contributed by atoms with van der Waals surface area (Å²) in [6.45, 7) is 0. The number of halogens is 1. The van der Waals surface area contributed by atoms with E-state index in [-0.39, 0.29) is 0 Å². The van der Waals surface area contributed by atoms with Crippen molar-refractivity contribution < 1.29 is 0 Å². The monoisotopic (exact) mass is 304 g/mol. The second kappa shape index (κ2) is 4.13. The van der Waals surface area contributed by atoms with Crippen molar-refractivity contribution in [2.45, 2.75) is 0 Å². The van der Waals surface area contributed by atoms with E-state index >= 15 is 0 Å². The van der Waals surface area contributed by atoms with E-state index in [9.17, 15) is 0 Å². The Morgan fingerprint density at radius 1 is 1.12 bits per heavy atom. The van der Waals surface area contributed by atoms with Gasteiger partial charge in [-0.25, -0.2) is 4.98 Å². The summed E-state index contributed by atoms with van der Waals surface area (Å²) in [5.41, 5.74) is 8.64. The van der Waals surface area contributed by atoms with Crippen molar-refractivity contribution in [1.82, 2.24) is 4.98 Å². The summed E-state index contributed by atoms with van der Waals surface area (Å²) in [5.74, 6) is 0. The third kappa shape index (κ3) is 1.94. The van der Waals surface area contributed by atoms with Crippen LogP contribution in [0.15, 0.2) is 46.9 Å². The highest BCUT2D eigenvalue weighted by Gasteiger charge is 2.09. The summed E-state index contributed by atoms with van der Waals surface area (Å²) in [4.78, 5) is 4.62. The Balaban J connectivity index is 2.23. The van der Waals surface area contributed by atoms with Gasteiger partial charge in [0.2, 0.25) is 0 Å². The fourth-order valence-electron chi connectivity index (χ4n) is 1.69. The molecule has 17 heavy (non-hydrogen) atoms. The third-order valence-corrected chi connectivity index (χ3v) is 4.28. The van der Waals surface area contributed by atoms with Crippen molar-refractivity contribution >= 4 is 43.2 Å². The molecule has 0 radical (unpaired) electrons. The van der Waals surface area contributed by atoms with Crippen LogP contribution < -0.4 is 5.73 Å². The molecular formula is C13H9BrN2S. The number of hydrogen-bond acceptors (Lipinski definition) is 3. The van der Waals surface area contributed by atoms with Gasteiger partial charge in [-0.1, -0.05) is 28.1 Å². The van der Waals surface area contributed by atoms with Gasteiger partial charge in [0, 0.05) is 15.7 Å². The highest BCUT2D eigenvalue weighted by molar-refractivity contribution is 9.10. The molecule has 0 spiro atoms. The number of aromatic nitrogens is 1. The standard InChI is InChI=1S/C13H9BrN2S/c14-10-6-5-8(15)7-9(10)13-16-11-3-1-2-4-12(11)17-13/h1-7H,15H2. The molecule has 2 nitrogen and oxygen atoms in total. The number of benzene rings is 2. The van der Waals surface area contributed by atoms with Crippen LogP contribution in [-0.2, 0) is 0 Å². The first kappa shape index (κ1) is 10.7. The number of fused-ring (bicyclic) bond motifs is 1. The number of anilines is 1. The maximum atomic E-state index is 5.82. The molecule has 3 rings (SSSR count). The van der Waals surface area contributed by atoms with Gasteiger partial charge in [0.05, 0.1) is 10.2 Å². The minimum Gasteiger partial charge on any atom is -0.399 e. The molecular weight excluding hydrogens is 296 g/mol. The van der Waals surface area contributed by atoms with Gasteiger partial charge in [-0.05, 0) is 30.3 Å². The molecule has 2 aromatic carbocycles. The number of nitrogens with zero attached hydrogens (tertiary/aromatic N) is 1. The average Bonchev–Trinajstić information content (AvgIpc) is 2.75. The van der Waals surface area contributed by atoms with Crippen molar-refractivity contribution in [3.8, 4) is 10.6 Å². The van der Waals surface area contributed by atoms with Crippen LogP contribution in [0, 0.1) is 0 Å². The average molecular weight is 305 g/mol. The zero-order valence-electron chi connectivity index (χ0n) is 8.85. The molecule has 0 aliphatic carbocycles. The van der Waals surface area contributed by atoms with E-state index in [2.05, 4.69) is 27.0 Å². The van der Waals surface area contributed by atoms with Gasteiger partial charge in [-0.15, -0.1) is 11.3 Å². The lowest BCUT2D eigenvalue weighted by Gasteiger charge is -2.01. The van der Waals surface area contributed by atoms with E-state index in [1.807, 2.05) is 36.4 Å². The van der Waals surface area contributed by atoms with Gasteiger partial charge in [-0.2, -0.15) is 0 Å². The molecule has 0 atom stereocenters. The van der Waals surface area contributed by atoms with Crippen molar-refractivity contribution in [1.29, 1.82) is 0 Å². The second-order valence-electron chi connectivity index (χ2n) is 3.73. The summed E-state index contributed by atoms with van der Waals surface area (Å²) in [6, 6.07) is 13.9. The van der Waals surface area contributed by atoms with Gasteiger partial charge < -0.3 is 5.73 Å². The molecule has 0 bridgehead atoms. The van der Waals surface area contributed by atoms with Gasteiger partial charge >= 0.3 is 0 Å². The number of rotatable bonds is 1. The van der Waals surface area contributed by atoms with E-state index < -0.39 is 0 Å². The molecule has 0 fully saturated rings. The minimum atomic E-state index is 0.752. The number of hydrogen-bond donors (Lipinski definition) is 1. The summed E-state index contributed by atoms with van der Waals surface area (Å²) < 4.78 is 2.21. The lowest BCUT2D eigenvalue weighted by Crippen LogP contribution is -1.86. The normalized spacial score (nSPS) is 10.9. The van der Waals surface area contributed by atoms with Crippen LogP contribution in [0.5, 0.6) is 0 Å². The first-order chi connectivity index (χ1) is 8.24. The van der Waals surface area contributed by atoms with Crippen LogP contribution >= 0.6 is 27.3 Å². The summed E-state index contributed by atoms with van der Waals surface area (Å²) in [7, 11) is 0. The number of para-hydroxylation sites is 1. The van der Waals surface area contributed by atoms with Crippen LogP contribution in [0.25, 0.3) is 20.8 Å². The predicted molar refractivity (Wildman–Crippen MR) is 77.2 cm³/mol. The SMILES string of the molecule is Nc1ccc(Br)c(-c2nc3ccccc3s2)c1. The zero-order chi connectivity index (χ0) is 11.8. The summed E-state index contributed by atoms with van der Waals surface area (Å²) in [5, 5.41) is 0.991. The van der Waals surface area contributed by atoms with E-state index in [0.29, 0.717) is 0 Å². The van der Waals surface area contributed by atoms with E-state index in [0.717, 1.165) is 26.2 Å². The van der Waals surface area contributed by atoms with Crippen molar-refractivity contribution in [2.75, 3.05) is 5.73 Å². The van der Waals surface area contributed by atoms with E-state index in [1.165, 1.54) is 4.70 Å². The maximum absolute atomic E-state index is 5.82. The molecule has 2 N–H and O–H groups in total. The molecule has 1 heterocycles. The molecule has 0 unspecified atom stereocenters. The van der Waals surface area contributed by atoms with Crippen LogP contribution in [0.4, 0.5) is 5.69 Å². The zero-order valence-corrected chi connectivity index (χ0v) is 11.3. The lowest BCUT2D eigenvalue weighted by molar-refractivity contribution is 1.46. The Morgan fingerprint density at radius 2 is 1.94 bits per heavy atom. The Labute approximate surface area is 111 Å². The molecule has 0 saturated heterocycles. The molecule has 0 saturated carbocycles. The highest BCUT2D eigenvalue weighted by Crippen LogP contribution is 2.35. The van der Waals surface area contributed by atoms with Gasteiger partial charge in [-0.3, -0.25) is 0 Å². The largest absolute Gasteiger partial charge is 0.399 e. The lowest BCUT2D eigenvalue weighted by atomic mass is 10.2. The molecule has 84 valence electrons. The van der Waals surface area contributed by atoms with Gasteiger partial charge in [0.25, 0.3) is 0 Å². The Bertz CT molecular complexity index is 658. The summed E-state index contributed by atoms with van der Waals surface area (Å²) in [6.07, 6.45) is 0. The topological polar surface area (TPSA) is 38.9 Å². The Hall–Kier alpha value is -1.39. The first-order valence-electron chi connectivity index (χ1n) is 5.15. The fourth-order valence-corrected chi connectivity index (χ4v) is 3.26. The smallest absolute Gasteiger partial charge is 0.125 e. The quantitative estimate of drug-likeness (QED) is 0.680. The van der Waals surface area contributed by atoms with E-state index in [1.54, 1.807) is 11.3 Å². The molecule has 1 aromatic heterocycles. The number of nitrogens with two attached hydrogens (primary N) is 1. The number of nitrogen functional groups attached to an aromatic ring is 1. The van der Waals surface area contributed by atoms with Gasteiger partial charge in [0.15, 0.2) is 0 Å².